The number of hydrogen-bond donors (Lipinski definition) is 4. The van der Waals surface area contributed by atoms with Gasteiger partial charge in [-0.3, -0.25) is 4.52 Å². The summed E-state index contributed by atoms with van der Waals surface area (Å²) >= 11 is 1.56. The third-order valence-electron chi connectivity index (χ3n) is 3.86. The molecular formula is C15H25N4O8P2S+. The minimum atomic E-state index is -5.15. The number of rotatable bonds is 11. The van der Waals surface area contributed by atoms with Crippen molar-refractivity contribution in [2.45, 2.75) is 39.8 Å². The van der Waals surface area contributed by atoms with Crippen LogP contribution in [0.25, 0.3) is 0 Å². The number of hydrogen-bond acceptors (Lipinski definition) is 9. The van der Waals surface area contributed by atoms with Crippen molar-refractivity contribution in [1.29, 1.82) is 0 Å². The Bertz CT molecular complexity index is 966. The van der Waals surface area contributed by atoms with E-state index in [0.717, 1.165) is 16.1 Å². The van der Waals surface area contributed by atoms with Gasteiger partial charge in [0.2, 0.25) is 5.51 Å². The average Bonchev–Trinajstić information content (AvgIpc) is 2.91. The van der Waals surface area contributed by atoms with Crippen molar-refractivity contribution in [3.63, 3.8) is 0 Å². The summed E-state index contributed by atoms with van der Waals surface area (Å²) in [5.74, 6) is 1.06. The summed E-state index contributed by atoms with van der Waals surface area (Å²) < 4.78 is 38.0. The molecule has 15 heteroatoms. The fraction of sp³-hybridized carbons (Fsp3) is 0.533. The van der Waals surface area contributed by atoms with Crippen LogP contribution in [-0.4, -0.2) is 44.0 Å². The predicted molar refractivity (Wildman–Crippen MR) is 108 cm³/mol. The Hall–Kier alpha value is -1.27. The number of ether oxygens (including phenoxy) is 1. The van der Waals surface area contributed by atoms with Crippen molar-refractivity contribution in [3.8, 4) is 0 Å². The van der Waals surface area contributed by atoms with Crippen LogP contribution in [0.4, 0.5) is 5.82 Å². The molecule has 5 N–H and O–H groups in total. The third kappa shape index (κ3) is 8.10. The molecule has 168 valence electrons. The fourth-order valence-electron chi connectivity index (χ4n) is 2.49. The average molecular weight is 483 g/mol. The first-order chi connectivity index (χ1) is 13.9. The zero-order valence-corrected chi connectivity index (χ0v) is 19.3. The number of aromatic nitrogens is 3. The van der Waals surface area contributed by atoms with E-state index >= 15 is 0 Å². The highest BCUT2D eigenvalue weighted by molar-refractivity contribution is 7.60. The Morgan fingerprint density at radius 1 is 1.30 bits per heavy atom. The number of phosphoric acid groups is 2. The number of aryl methyl sites for hydroxylation is 1. The molecule has 2 heterocycles. The van der Waals surface area contributed by atoms with Gasteiger partial charge in [0, 0.05) is 19.5 Å². The second kappa shape index (κ2) is 10.4. The normalized spacial score (nSPS) is 15.1. The van der Waals surface area contributed by atoms with Crippen LogP contribution in [0.15, 0.2) is 11.7 Å². The molecule has 0 saturated heterocycles. The zero-order chi connectivity index (χ0) is 22.5. The summed E-state index contributed by atoms with van der Waals surface area (Å²) in [5.41, 5.74) is 9.79. The minimum absolute atomic E-state index is 0.0588. The summed E-state index contributed by atoms with van der Waals surface area (Å²) in [5, 5.41) is 0. The van der Waals surface area contributed by atoms with E-state index in [1.165, 1.54) is 6.92 Å². The molecule has 2 aromatic rings. The van der Waals surface area contributed by atoms with E-state index in [9.17, 15) is 14.0 Å². The van der Waals surface area contributed by atoms with E-state index in [1.54, 1.807) is 24.5 Å². The van der Waals surface area contributed by atoms with Crippen LogP contribution in [0.3, 0.4) is 0 Å². The van der Waals surface area contributed by atoms with Gasteiger partial charge in [-0.05, 0) is 13.8 Å². The smallest absolute Gasteiger partial charge is 0.383 e. The van der Waals surface area contributed by atoms with Gasteiger partial charge in [-0.15, -0.1) is 0 Å². The van der Waals surface area contributed by atoms with Gasteiger partial charge in [-0.2, -0.15) is 8.88 Å². The predicted octanol–water partition coefficient (Wildman–Crippen LogP) is 1.25. The summed E-state index contributed by atoms with van der Waals surface area (Å²) in [6.45, 7) is 5.98. The molecule has 0 aliphatic rings. The lowest BCUT2D eigenvalue weighted by Crippen LogP contribution is -2.35. The summed E-state index contributed by atoms with van der Waals surface area (Å²) in [7, 11) is -10.0. The van der Waals surface area contributed by atoms with Gasteiger partial charge < -0.3 is 25.2 Å². The molecule has 0 bridgehead atoms. The molecule has 12 nitrogen and oxygen atoms in total. The van der Waals surface area contributed by atoms with Gasteiger partial charge in [-0.1, -0.05) is 11.3 Å². The second-order valence-electron chi connectivity index (χ2n) is 6.47. The number of anilines is 1. The van der Waals surface area contributed by atoms with Crippen LogP contribution < -0.4 is 10.3 Å². The molecule has 2 atom stereocenters. The van der Waals surface area contributed by atoms with Crippen molar-refractivity contribution in [3.05, 3.63) is 33.7 Å². The highest BCUT2D eigenvalue weighted by Gasteiger charge is 2.34. The Labute approximate surface area is 177 Å². The second-order valence-corrected chi connectivity index (χ2v) is 10.2. The molecule has 0 amide bonds. The van der Waals surface area contributed by atoms with Gasteiger partial charge in [0.25, 0.3) is 0 Å². The maximum Gasteiger partial charge on any atom is 0.481 e. The summed E-state index contributed by atoms with van der Waals surface area (Å²) in [4.78, 5) is 35.9. The number of thiazole rings is 1. The first-order valence-corrected chi connectivity index (χ1v) is 12.7. The van der Waals surface area contributed by atoms with Crippen LogP contribution in [0, 0.1) is 13.8 Å². The molecule has 0 saturated carbocycles. The zero-order valence-electron chi connectivity index (χ0n) is 16.7. The lowest BCUT2D eigenvalue weighted by Gasteiger charge is -2.17. The topological polar surface area (TPSA) is 178 Å². The van der Waals surface area contributed by atoms with E-state index in [-0.39, 0.29) is 6.61 Å². The van der Waals surface area contributed by atoms with E-state index in [2.05, 4.69) is 18.8 Å². The molecule has 0 spiro atoms. The molecule has 30 heavy (non-hydrogen) atoms. The molecule has 2 aromatic heterocycles. The van der Waals surface area contributed by atoms with Crippen LogP contribution in [0.1, 0.15) is 28.9 Å². The first-order valence-electron chi connectivity index (χ1n) is 8.76. The standard InChI is InChI=1S/C15H24N4O8P2S/c1-10(26-29(23,24)27-28(20,21)22)8-25-5-4-14-11(2)19(9-30-14)7-13-6-17-12(3)18-15(13)16/h6,9-10H,4-5,7-8H2,1-3H3,(H4-,16,17,18,20,21,22,23,24)/p+1. The highest BCUT2D eigenvalue weighted by Crippen LogP contribution is 2.58. The third-order valence-corrected chi connectivity index (χ3v) is 7.31. The summed E-state index contributed by atoms with van der Waals surface area (Å²) in [6, 6.07) is 0. The fourth-order valence-corrected chi connectivity index (χ4v) is 5.21. The Morgan fingerprint density at radius 2 is 2.00 bits per heavy atom. The molecule has 0 radical (unpaired) electrons. The van der Waals surface area contributed by atoms with Crippen LogP contribution in [0.5, 0.6) is 0 Å². The molecule has 0 fully saturated rings. The largest absolute Gasteiger partial charge is 0.481 e. The Balaban J connectivity index is 1.82. The van der Waals surface area contributed by atoms with Gasteiger partial charge in [0.1, 0.15) is 11.6 Å². The SMILES string of the molecule is Cc1ncc(C[n+]2csc(CCOCC(C)OP(=O)(O)OP(=O)(O)O)c2C)c(N)n1. The maximum atomic E-state index is 11.5. The number of phosphoric ester groups is 1. The Morgan fingerprint density at radius 3 is 2.63 bits per heavy atom. The molecule has 2 rings (SSSR count). The highest BCUT2D eigenvalue weighted by atomic mass is 32.1. The maximum absolute atomic E-state index is 11.5. The lowest BCUT2D eigenvalue weighted by molar-refractivity contribution is -0.689. The van der Waals surface area contributed by atoms with E-state index in [0.29, 0.717) is 31.2 Å². The van der Waals surface area contributed by atoms with Crippen LogP contribution in [-0.2, 0) is 35.7 Å². The molecule has 0 aliphatic heterocycles. The quantitative estimate of drug-likeness (QED) is 0.205. The van der Waals surface area contributed by atoms with E-state index in [4.69, 9.17) is 20.3 Å². The van der Waals surface area contributed by atoms with Crippen molar-refractivity contribution in [1.82, 2.24) is 9.97 Å². The van der Waals surface area contributed by atoms with Gasteiger partial charge in [-0.25, -0.2) is 19.1 Å². The van der Waals surface area contributed by atoms with Crippen LogP contribution >= 0.6 is 27.0 Å². The summed E-state index contributed by atoms with van der Waals surface area (Å²) in [6.07, 6.45) is 1.40. The first kappa shape index (κ1) is 25.0. The molecule has 2 unspecified atom stereocenters. The van der Waals surface area contributed by atoms with Gasteiger partial charge in [0.15, 0.2) is 12.2 Å². The van der Waals surface area contributed by atoms with Gasteiger partial charge >= 0.3 is 15.6 Å². The molecule has 0 aliphatic carbocycles. The van der Waals surface area contributed by atoms with Crippen molar-refractivity contribution in [2.75, 3.05) is 18.9 Å². The van der Waals surface area contributed by atoms with Crippen molar-refractivity contribution >= 4 is 32.8 Å². The molecular weight excluding hydrogens is 458 g/mol. The number of nitrogens with zero attached hydrogens (tertiary/aromatic N) is 3. The lowest BCUT2D eigenvalue weighted by atomic mass is 10.2. The van der Waals surface area contributed by atoms with Crippen LogP contribution in [0.2, 0.25) is 0 Å². The minimum Gasteiger partial charge on any atom is -0.383 e. The van der Waals surface area contributed by atoms with E-state index in [1.807, 2.05) is 17.0 Å². The van der Waals surface area contributed by atoms with E-state index < -0.39 is 21.7 Å². The molecule has 0 aromatic carbocycles. The Kier molecular flexibility index (Phi) is 8.63. The monoisotopic (exact) mass is 483 g/mol. The van der Waals surface area contributed by atoms with Crippen molar-refractivity contribution < 1.29 is 41.9 Å². The number of nitrogens with two attached hydrogens (primary N) is 1. The number of nitrogen functional groups attached to an aromatic ring is 1. The van der Waals surface area contributed by atoms with Crippen molar-refractivity contribution in [2.24, 2.45) is 0 Å². The van der Waals surface area contributed by atoms with Gasteiger partial charge in [0.05, 0.1) is 29.8 Å².